The van der Waals surface area contributed by atoms with Crippen LogP contribution in [0.5, 0.6) is 0 Å². The molecule has 2 aromatic heterocycles. The van der Waals surface area contributed by atoms with Crippen LogP contribution < -0.4 is 0 Å². The smallest absolute Gasteiger partial charge is 0.0814 e. The lowest BCUT2D eigenvalue weighted by atomic mass is 10.2. The molecule has 0 amide bonds. The van der Waals surface area contributed by atoms with Gasteiger partial charge in [0.05, 0.1) is 16.7 Å². The van der Waals surface area contributed by atoms with Gasteiger partial charge in [-0.3, -0.25) is 10.2 Å². The Hall–Kier alpha value is -2.16. The molecule has 0 saturated carbocycles. The number of aromatic amines is 2. The second-order valence-corrected chi connectivity index (χ2v) is 3.98. The lowest BCUT2D eigenvalue weighted by Gasteiger charge is -2.05. The summed E-state index contributed by atoms with van der Waals surface area (Å²) >= 11 is 0. The van der Waals surface area contributed by atoms with Gasteiger partial charge in [0.1, 0.15) is 0 Å². The largest absolute Gasteiger partial charge is 0.280 e. The van der Waals surface area contributed by atoms with Crippen LogP contribution in [0.15, 0.2) is 48.5 Å². The van der Waals surface area contributed by atoms with Crippen LogP contribution in [0.25, 0.3) is 16.7 Å². The summed E-state index contributed by atoms with van der Waals surface area (Å²) in [6, 6.07) is 16.6. The van der Waals surface area contributed by atoms with E-state index in [0.717, 1.165) is 16.7 Å². The number of nitrogens with one attached hydrogen (secondary N) is 2. The summed E-state index contributed by atoms with van der Waals surface area (Å²) in [6.45, 7) is 2.09. The highest BCUT2D eigenvalue weighted by atomic mass is 15.4. The molecule has 4 aromatic rings. The van der Waals surface area contributed by atoms with E-state index in [1.54, 1.807) is 0 Å². The number of fused-ring (bicyclic) bond motifs is 4. The first-order chi connectivity index (χ1) is 7.81. The minimum atomic E-state index is 1.08. The van der Waals surface area contributed by atoms with Crippen molar-refractivity contribution in [2.24, 2.45) is 0 Å². The first-order valence-corrected chi connectivity index (χ1v) is 5.31. The van der Waals surface area contributed by atoms with Crippen LogP contribution in [0.3, 0.4) is 0 Å². The van der Waals surface area contributed by atoms with Crippen LogP contribution in [0.4, 0.5) is 0 Å². The fraction of sp³-hybridized carbons (Fsp3) is 0.0769. The Morgan fingerprint density at radius 2 is 1.50 bits per heavy atom. The lowest BCUT2D eigenvalue weighted by Crippen LogP contribution is -2.01. The van der Waals surface area contributed by atoms with Gasteiger partial charge in [-0.05, 0) is 48.9 Å². The molecule has 0 saturated heterocycles. The molecule has 0 radical (unpaired) electrons. The molecular weight excluding hydrogens is 198 g/mol. The quantitative estimate of drug-likeness (QED) is 0.620. The minimum absolute atomic E-state index is 1.08. The molecule has 2 aromatic carbocycles. The number of benzene rings is 2. The van der Waals surface area contributed by atoms with Crippen molar-refractivity contribution < 1.29 is 0 Å². The van der Waals surface area contributed by atoms with Gasteiger partial charge in [0.15, 0.2) is 0 Å². The number of rotatable bonds is 1. The van der Waals surface area contributed by atoms with Crippen molar-refractivity contribution in [3.8, 4) is 5.69 Å². The average molecular weight is 211 g/mol. The Bertz CT molecular complexity index is 587. The second-order valence-electron chi connectivity index (χ2n) is 3.98. The van der Waals surface area contributed by atoms with Crippen LogP contribution in [-0.2, 0) is 0 Å². The molecule has 0 aliphatic carbocycles. The van der Waals surface area contributed by atoms with Crippen molar-refractivity contribution in [3.05, 3.63) is 54.1 Å². The zero-order valence-electron chi connectivity index (χ0n) is 9.07. The zero-order valence-corrected chi connectivity index (χ0v) is 9.07. The van der Waals surface area contributed by atoms with E-state index in [0.29, 0.717) is 0 Å². The van der Waals surface area contributed by atoms with E-state index in [1.807, 2.05) is 4.80 Å². The van der Waals surface area contributed by atoms with Crippen LogP contribution in [0, 0.1) is 6.92 Å². The van der Waals surface area contributed by atoms with Crippen molar-refractivity contribution in [1.82, 2.24) is 15.0 Å². The molecule has 16 heavy (non-hydrogen) atoms. The molecule has 2 N–H and O–H groups in total. The van der Waals surface area contributed by atoms with Gasteiger partial charge in [-0.1, -0.05) is 12.1 Å². The van der Waals surface area contributed by atoms with E-state index in [4.69, 9.17) is 0 Å². The molecule has 0 atom stereocenters. The topological polar surface area (TPSA) is 36.5 Å². The van der Waals surface area contributed by atoms with E-state index in [9.17, 15) is 0 Å². The van der Waals surface area contributed by atoms with Crippen molar-refractivity contribution in [1.29, 1.82) is 0 Å². The van der Waals surface area contributed by atoms with Gasteiger partial charge >= 0.3 is 0 Å². The fourth-order valence-electron chi connectivity index (χ4n) is 1.80. The summed E-state index contributed by atoms with van der Waals surface area (Å²) in [5, 5.41) is 6.59. The maximum absolute atomic E-state index is 3.30. The van der Waals surface area contributed by atoms with Crippen LogP contribution in [0.1, 0.15) is 5.56 Å². The Balaban J connectivity index is 2.26. The van der Waals surface area contributed by atoms with Gasteiger partial charge in [-0.25, -0.2) is 0 Å². The highest BCUT2D eigenvalue weighted by Gasteiger charge is 1.96. The van der Waals surface area contributed by atoms with E-state index < -0.39 is 0 Å². The van der Waals surface area contributed by atoms with E-state index >= 15 is 0 Å². The maximum Gasteiger partial charge on any atom is 0.0814 e. The first kappa shape index (κ1) is 9.09. The van der Waals surface area contributed by atoms with E-state index in [2.05, 4.69) is 65.7 Å². The minimum Gasteiger partial charge on any atom is -0.280 e. The molecule has 3 heteroatoms. The van der Waals surface area contributed by atoms with Crippen LogP contribution in [0.2, 0.25) is 0 Å². The molecule has 0 aliphatic heterocycles. The van der Waals surface area contributed by atoms with Gasteiger partial charge in [-0.15, -0.1) is 0 Å². The summed E-state index contributed by atoms with van der Waals surface area (Å²) in [4.78, 5) is 1.93. The van der Waals surface area contributed by atoms with Crippen LogP contribution >= 0.6 is 0 Å². The fourth-order valence-corrected chi connectivity index (χ4v) is 1.80. The highest BCUT2D eigenvalue weighted by molar-refractivity contribution is 5.56. The first-order valence-electron chi connectivity index (χ1n) is 5.31. The summed E-state index contributed by atoms with van der Waals surface area (Å²) in [5.74, 6) is 0. The number of hydrogen-bond donors (Lipinski definition) is 2. The third-order valence-corrected chi connectivity index (χ3v) is 2.63. The molecule has 4 rings (SSSR count). The standard InChI is InChI=1S/C13H13N3/c1-10-3-2-4-13(9-10)16-14-11-5-6-12(15-16)8-7-11/h2-9,14-15H,1H3. The normalized spacial score (nSPS) is 10.8. The van der Waals surface area contributed by atoms with Gasteiger partial charge in [0, 0.05) is 0 Å². The number of nitrogens with zero attached hydrogens (tertiary/aromatic N) is 1. The monoisotopic (exact) mass is 211 g/mol. The number of aromatic nitrogens is 3. The molecule has 0 unspecified atom stereocenters. The Kier molecular flexibility index (Phi) is 1.96. The highest BCUT2D eigenvalue weighted by Crippen LogP contribution is 2.10. The molecule has 2 heterocycles. The van der Waals surface area contributed by atoms with Gasteiger partial charge in [0.2, 0.25) is 0 Å². The van der Waals surface area contributed by atoms with Gasteiger partial charge < -0.3 is 0 Å². The lowest BCUT2D eigenvalue weighted by molar-refractivity contribution is 0.746. The predicted octanol–water partition coefficient (Wildman–Crippen LogP) is 3.16. The van der Waals surface area contributed by atoms with Gasteiger partial charge in [0.25, 0.3) is 0 Å². The Labute approximate surface area is 93.3 Å². The second kappa shape index (κ2) is 3.45. The maximum atomic E-state index is 3.30. The van der Waals surface area contributed by atoms with Crippen molar-refractivity contribution in [2.45, 2.75) is 6.92 Å². The number of aryl methyl sites for hydroxylation is 1. The number of hydrogen-bond acceptors (Lipinski definition) is 0. The summed E-state index contributed by atoms with van der Waals surface area (Å²) in [5.41, 5.74) is 4.50. The third-order valence-electron chi connectivity index (χ3n) is 2.63. The van der Waals surface area contributed by atoms with Crippen molar-refractivity contribution in [3.63, 3.8) is 0 Å². The summed E-state index contributed by atoms with van der Waals surface area (Å²) in [6.07, 6.45) is 0. The van der Waals surface area contributed by atoms with E-state index in [-0.39, 0.29) is 0 Å². The summed E-state index contributed by atoms with van der Waals surface area (Å²) in [7, 11) is 0. The van der Waals surface area contributed by atoms with E-state index in [1.165, 1.54) is 5.56 Å². The van der Waals surface area contributed by atoms with Gasteiger partial charge in [-0.2, -0.15) is 4.80 Å². The molecular formula is C13H13N3. The molecule has 3 nitrogen and oxygen atoms in total. The van der Waals surface area contributed by atoms with Crippen molar-refractivity contribution >= 4 is 11.0 Å². The number of H-pyrrole nitrogens is 2. The molecule has 2 bridgehead atoms. The molecule has 80 valence electrons. The third kappa shape index (κ3) is 1.56. The Morgan fingerprint density at radius 3 is 2.06 bits per heavy atom. The predicted molar refractivity (Wildman–Crippen MR) is 65.5 cm³/mol. The molecule has 0 fully saturated rings. The van der Waals surface area contributed by atoms with Crippen molar-refractivity contribution in [2.75, 3.05) is 0 Å². The SMILES string of the molecule is Cc1cccc(-n2[nH]c3ccc(cc3)[nH]2)c1. The van der Waals surface area contributed by atoms with Crippen LogP contribution in [-0.4, -0.2) is 15.0 Å². The summed E-state index contributed by atoms with van der Waals surface area (Å²) < 4.78 is 0. The Morgan fingerprint density at radius 1 is 0.875 bits per heavy atom. The zero-order chi connectivity index (χ0) is 11.0. The molecule has 0 spiro atoms. The average Bonchev–Trinajstić information content (AvgIpc) is 2.62. The molecule has 0 aliphatic rings.